The molecule has 1 N–H and O–H groups in total. The largest absolute Gasteiger partial charge is 0.435 e. The van der Waals surface area contributed by atoms with Gasteiger partial charge in [0.05, 0.1) is 11.0 Å². The third-order valence-electron chi connectivity index (χ3n) is 4.05. The molecular formula is C18H16BrClF3N5O. The number of carbonyl (C=O) groups excluding carboxylic acids is 1. The monoisotopic (exact) mass is 489 g/mol. The molecule has 0 saturated heterocycles. The molecule has 6 nitrogen and oxygen atoms in total. The molecule has 0 aliphatic rings. The minimum atomic E-state index is -4.51. The van der Waals surface area contributed by atoms with Crippen LogP contribution < -0.4 is 5.32 Å². The fourth-order valence-electron chi connectivity index (χ4n) is 2.62. The first-order valence-electron chi connectivity index (χ1n) is 8.51. The minimum absolute atomic E-state index is 0.0247. The predicted octanol–water partition coefficient (Wildman–Crippen LogP) is 4.90. The van der Waals surface area contributed by atoms with E-state index in [4.69, 9.17) is 11.6 Å². The molecule has 29 heavy (non-hydrogen) atoms. The Balaban J connectivity index is 1.59. The fraction of sp³-hybridized carbons (Fsp3) is 0.278. The van der Waals surface area contributed by atoms with E-state index in [9.17, 15) is 18.0 Å². The second-order valence-electron chi connectivity index (χ2n) is 6.34. The summed E-state index contributed by atoms with van der Waals surface area (Å²) >= 11 is 9.21. The zero-order chi connectivity index (χ0) is 21.2. The summed E-state index contributed by atoms with van der Waals surface area (Å²) in [4.78, 5) is 12.2. The molecule has 0 saturated carbocycles. The van der Waals surface area contributed by atoms with E-state index in [-0.39, 0.29) is 18.9 Å². The molecule has 0 atom stereocenters. The van der Waals surface area contributed by atoms with Crippen LogP contribution in [0.3, 0.4) is 0 Å². The molecule has 3 rings (SSSR count). The Labute approximate surface area is 177 Å². The molecule has 2 heterocycles. The van der Waals surface area contributed by atoms with Gasteiger partial charge in [-0.3, -0.25) is 14.2 Å². The van der Waals surface area contributed by atoms with E-state index in [1.54, 1.807) is 23.0 Å². The molecule has 0 aliphatic heterocycles. The molecule has 1 aromatic carbocycles. The zero-order valence-corrected chi connectivity index (χ0v) is 17.5. The highest BCUT2D eigenvalue weighted by Gasteiger charge is 2.34. The fourth-order valence-corrected chi connectivity index (χ4v) is 3.16. The number of halogens is 5. The van der Waals surface area contributed by atoms with E-state index in [2.05, 4.69) is 31.4 Å². The Morgan fingerprint density at radius 2 is 1.93 bits per heavy atom. The summed E-state index contributed by atoms with van der Waals surface area (Å²) in [5.74, 6) is -0.0527. The smallest absolute Gasteiger partial charge is 0.308 e. The summed E-state index contributed by atoms with van der Waals surface area (Å²) in [5.41, 5.74) is 0.342. The van der Waals surface area contributed by atoms with Gasteiger partial charge in [0.2, 0.25) is 5.91 Å². The van der Waals surface area contributed by atoms with E-state index in [1.807, 2.05) is 12.1 Å². The van der Waals surface area contributed by atoms with Crippen molar-refractivity contribution in [2.45, 2.75) is 32.6 Å². The van der Waals surface area contributed by atoms with E-state index in [0.29, 0.717) is 27.6 Å². The van der Waals surface area contributed by atoms with Crippen LogP contribution in [0.2, 0.25) is 5.02 Å². The second-order valence-corrected chi connectivity index (χ2v) is 7.63. The van der Waals surface area contributed by atoms with Gasteiger partial charge in [-0.15, -0.1) is 0 Å². The molecule has 0 fully saturated rings. The molecule has 0 bridgehead atoms. The van der Waals surface area contributed by atoms with Crippen molar-refractivity contribution in [2.24, 2.45) is 0 Å². The van der Waals surface area contributed by atoms with Gasteiger partial charge in [0.15, 0.2) is 11.5 Å². The summed E-state index contributed by atoms with van der Waals surface area (Å²) in [5, 5.41) is 11.1. The first-order valence-corrected chi connectivity index (χ1v) is 9.68. The minimum Gasteiger partial charge on any atom is -0.308 e. The third kappa shape index (κ3) is 5.60. The summed E-state index contributed by atoms with van der Waals surface area (Å²) in [6, 6.07) is 8.25. The van der Waals surface area contributed by atoms with Crippen LogP contribution in [0.15, 0.2) is 41.0 Å². The van der Waals surface area contributed by atoms with E-state index >= 15 is 0 Å². The van der Waals surface area contributed by atoms with Crippen molar-refractivity contribution in [2.75, 3.05) is 5.32 Å². The van der Waals surface area contributed by atoms with E-state index < -0.39 is 11.9 Å². The summed E-state index contributed by atoms with van der Waals surface area (Å²) in [7, 11) is 0. The Hall–Kier alpha value is -2.33. The van der Waals surface area contributed by atoms with E-state index in [0.717, 1.165) is 16.3 Å². The van der Waals surface area contributed by atoms with Crippen molar-refractivity contribution < 1.29 is 18.0 Å². The van der Waals surface area contributed by atoms with Gasteiger partial charge in [0.1, 0.15) is 0 Å². The number of benzene rings is 1. The average Bonchev–Trinajstić information content (AvgIpc) is 3.17. The Morgan fingerprint density at radius 1 is 1.24 bits per heavy atom. The number of rotatable bonds is 6. The Kier molecular flexibility index (Phi) is 6.33. The van der Waals surface area contributed by atoms with Gasteiger partial charge < -0.3 is 5.32 Å². The molecule has 0 spiro atoms. The molecule has 0 unspecified atom stereocenters. The van der Waals surface area contributed by atoms with Gasteiger partial charge >= 0.3 is 6.18 Å². The van der Waals surface area contributed by atoms with Crippen LogP contribution in [0.25, 0.3) is 0 Å². The predicted molar refractivity (Wildman–Crippen MR) is 106 cm³/mol. The van der Waals surface area contributed by atoms with Gasteiger partial charge in [-0.05, 0) is 46.6 Å². The zero-order valence-electron chi connectivity index (χ0n) is 15.2. The van der Waals surface area contributed by atoms with Crippen molar-refractivity contribution in [1.82, 2.24) is 19.6 Å². The lowest BCUT2D eigenvalue weighted by Crippen LogP contribution is -2.17. The highest BCUT2D eigenvalue weighted by atomic mass is 79.9. The first kappa shape index (κ1) is 21.4. The number of hydrogen-bond acceptors (Lipinski definition) is 3. The van der Waals surface area contributed by atoms with Crippen LogP contribution in [-0.4, -0.2) is 25.5 Å². The number of nitrogens with one attached hydrogen (secondary N) is 1. The SMILES string of the molecule is Cc1cc(C(F)(F)F)nn1CCC(=O)Nc1nn(Cc2ccc(Cl)cc2)cc1Br. The maximum atomic E-state index is 12.7. The average molecular weight is 491 g/mol. The van der Waals surface area contributed by atoms with Crippen LogP contribution in [-0.2, 0) is 24.1 Å². The third-order valence-corrected chi connectivity index (χ3v) is 4.89. The van der Waals surface area contributed by atoms with Crippen LogP contribution in [0, 0.1) is 6.92 Å². The number of anilines is 1. The normalized spacial score (nSPS) is 11.7. The van der Waals surface area contributed by atoms with Gasteiger partial charge in [-0.2, -0.15) is 23.4 Å². The van der Waals surface area contributed by atoms with Crippen LogP contribution >= 0.6 is 27.5 Å². The number of carbonyl (C=O) groups is 1. The van der Waals surface area contributed by atoms with Crippen molar-refractivity contribution in [3.8, 4) is 0 Å². The van der Waals surface area contributed by atoms with Crippen LogP contribution in [0.5, 0.6) is 0 Å². The summed E-state index contributed by atoms with van der Waals surface area (Å²) in [6.07, 6.45) is -2.84. The lowest BCUT2D eigenvalue weighted by atomic mass is 10.2. The van der Waals surface area contributed by atoms with Crippen molar-refractivity contribution >= 4 is 39.3 Å². The maximum Gasteiger partial charge on any atom is 0.435 e. The van der Waals surface area contributed by atoms with Crippen LogP contribution in [0.4, 0.5) is 19.0 Å². The molecule has 0 aliphatic carbocycles. The lowest BCUT2D eigenvalue weighted by Gasteiger charge is -2.06. The van der Waals surface area contributed by atoms with Crippen molar-refractivity contribution in [1.29, 1.82) is 0 Å². The number of alkyl halides is 3. The van der Waals surface area contributed by atoms with Crippen LogP contribution in [0.1, 0.15) is 23.4 Å². The summed E-state index contributed by atoms with van der Waals surface area (Å²) in [6.45, 7) is 2.02. The second kappa shape index (κ2) is 8.58. The molecule has 1 amide bonds. The quantitative estimate of drug-likeness (QED) is 0.535. The van der Waals surface area contributed by atoms with Crippen molar-refractivity contribution in [3.63, 3.8) is 0 Å². The number of hydrogen-bond donors (Lipinski definition) is 1. The molecule has 11 heteroatoms. The molecule has 2 aromatic heterocycles. The maximum absolute atomic E-state index is 12.7. The van der Waals surface area contributed by atoms with Crippen molar-refractivity contribution in [3.05, 3.63) is 63.0 Å². The topological polar surface area (TPSA) is 64.7 Å². The molecule has 154 valence electrons. The number of aryl methyl sites for hydroxylation is 2. The molecule has 0 radical (unpaired) electrons. The standard InChI is InChI=1S/C18H16BrClF3N5O/c1-11-8-15(18(21,22)23)25-28(11)7-6-16(29)24-17-14(19)10-27(26-17)9-12-2-4-13(20)5-3-12/h2-5,8,10H,6-7,9H2,1H3,(H,24,26,29). The number of nitrogens with zero attached hydrogens (tertiary/aromatic N) is 4. The first-order chi connectivity index (χ1) is 13.6. The van der Waals surface area contributed by atoms with Gasteiger partial charge in [0, 0.05) is 29.9 Å². The summed E-state index contributed by atoms with van der Waals surface area (Å²) < 4.78 is 41.5. The van der Waals surface area contributed by atoms with Gasteiger partial charge in [-0.1, -0.05) is 23.7 Å². The van der Waals surface area contributed by atoms with Gasteiger partial charge in [-0.25, -0.2) is 0 Å². The lowest BCUT2D eigenvalue weighted by molar-refractivity contribution is -0.141. The Bertz CT molecular complexity index is 1010. The Morgan fingerprint density at radius 3 is 2.55 bits per heavy atom. The highest BCUT2D eigenvalue weighted by molar-refractivity contribution is 9.10. The molecule has 3 aromatic rings. The molecular weight excluding hydrogens is 475 g/mol. The number of aromatic nitrogens is 4. The van der Waals surface area contributed by atoms with E-state index in [1.165, 1.54) is 6.92 Å². The van der Waals surface area contributed by atoms with Gasteiger partial charge in [0.25, 0.3) is 0 Å². The number of amides is 1. The highest BCUT2D eigenvalue weighted by Crippen LogP contribution is 2.28.